The summed E-state index contributed by atoms with van der Waals surface area (Å²) in [6.07, 6.45) is 3.20. The Balaban J connectivity index is 1.25. The minimum Gasteiger partial charge on any atom is -0.497 e. The lowest BCUT2D eigenvalue weighted by Crippen LogP contribution is -2.63. The van der Waals surface area contributed by atoms with E-state index in [9.17, 15) is 9.59 Å². The van der Waals surface area contributed by atoms with Crippen molar-refractivity contribution in [1.29, 1.82) is 0 Å². The molecular formula is C31H28N4O3. The van der Waals surface area contributed by atoms with E-state index in [1.54, 1.807) is 12.0 Å². The lowest BCUT2D eigenvalue weighted by Gasteiger charge is -2.47. The van der Waals surface area contributed by atoms with Crippen LogP contribution in [0.2, 0.25) is 0 Å². The highest BCUT2D eigenvalue weighted by Gasteiger charge is 2.48. The number of nitrogens with zero attached hydrogens (tertiary/aromatic N) is 2. The minimum atomic E-state index is -0.543. The van der Waals surface area contributed by atoms with Gasteiger partial charge in [0.2, 0.25) is 11.8 Å². The molecule has 4 heterocycles. The van der Waals surface area contributed by atoms with Crippen LogP contribution in [0, 0.1) is 0 Å². The second kappa shape index (κ2) is 8.80. The SMILES string of the molecule is COc1ccc(C2c3[nH]c4ccccc4c3CC3C(=O)N(CCc4c[nH]c5ccccc45)CC(=O)N32)cc1. The maximum atomic E-state index is 14.0. The number of rotatable bonds is 5. The maximum Gasteiger partial charge on any atom is 0.246 e. The standard InChI is InChI=1S/C31H28N4O3/c1-38-21-12-10-19(11-13-21)30-29-24(23-7-3-5-9-26(23)33-29)16-27-31(37)34(18-28(36)35(27)30)15-14-20-17-32-25-8-4-2-6-22(20)25/h2-13,17,27,30,32-33H,14-16,18H2,1H3. The first kappa shape index (κ1) is 22.7. The maximum absolute atomic E-state index is 14.0. The van der Waals surface area contributed by atoms with Gasteiger partial charge in [0.1, 0.15) is 11.8 Å². The van der Waals surface area contributed by atoms with E-state index in [1.807, 2.05) is 65.7 Å². The van der Waals surface area contributed by atoms with Crippen LogP contribution in [0.4, 0.5) is 0 Å². The second-order valence-corrected chi connectivity index (χ2v) is 10.1. The summed E-state index contributed by atoms with van der Waals surface area (Å²) in [4.78, 5) is 38.2. The normalized spacial score (nSPS) is 19.2. The van der Waals surface area contributed by atoms with Gasteiger partial charge in [0.05, 0.1) is 19.7 Å². The number of benzene rings is 3. The van der Waals surface area contributed by atoms with Crippen molar-refractivity contribution < 1.29 is 14.3 Å². The Bertz CT molecular complexity index is 1680. The van der Waals surface area contributed by atoms with Gasteiger partial charge < -0.3 is 24.5 Å². The van der Waals surface area contributed by atoms with Gasteiger partial charge in [0, 0.05) is 46.7 Å². The fourth-order valence-electron chi connectivity index (χ4n) is 6.24. The molecule has 2 aromatic heterocycles. The number of amides is 2. The molecule has 2 amide bonds. The van der Waals surface area contributed by atoms with Crippen LogP contribution in [0.5, 0.6) is 5.75 Å². The number of hydrogen-bond acceptors (Lipinski definition) is 3. The molecule has 0 aliphatic carbocycles. The Morgan fingerprint density at radius 3 is 2.45 bits per heavy atom. The Labute approximate surface area is 220 Å². The number of piperazine rings is 1. The number of hydrogen-bond donors (Lipinski definition) is 2. The number of aromatic nitrogens is 2. The third kappa shape index (κ3) is 3.49. The smallest absolute Gasteiger partial charge is 0.246 e. The Morgan fingerprint density at radius 1 is 0.921 bits per heavy atom. The van der Waals surface area contributed by atoms with Gasteiger partial charge in [0.25, 0.3) is 0 Å². The van der Waals surface area contributed by atoms with Crippen molar-refractivity contribution in [3.05, 3.63) is 101 Å². The number of methoxy groups -OCH3 is 1. The Kier molecular flexibility index (Phi) is 5.25. The summed E-state index contributed by atoms with van der Waals surface area (Å²) in [5.74, 6) is 0.736. The van der Waals surface area contributed by atoms with E-state index in [0.29, 0.717) is 19.4 Å². The molecule has 2 aliphatic heterocycles. The number of para-hydroxylation sites is 2. The molecule has 3 aromatic carbocycles. The largest absolute Gasteiger partial charge is 0.497 e. The number of carbonyl (C=O) groups is 2. The van der Waals surface area contributed by atoms with Gasteiger partial charge in [-0.25, -0.2) is 0 Å². The fraction of sp³-hybridized carbons (Fsp3) is 0.226. The zero-order valence-corrected chi connectivity index (χ0v) is 21.1. The van der Waals surface area contributed by atoms with Crippen molar-refractivity contribution in [3.63, 3.8) is 0 Å². The molecule has 190 valence electrons. The summed E-state index contributed by atoms with van der Waals surface area (Å²) in [5.41, 5.74) is 6.31. The molecule has 2 unspecified atom stereocenters. The summed E-state index contributed by atoms with van der Waals surface area (Å²) >= 11 is 0. The Hall–Kier alpha value is -4.52. The van der Waals surface area contributed by atoms with Gasteiger partial charge in [-0.1, -0.05) is 48.5 Å². The summed E-state index contributed by atoms with van der Waals surface area (Å²) in [6.45, 7) is 0.588. The number of H-pyrrole nitrogens is 2. The van der Waals surface area contributed by atoms with Crippen molar-refractivity contribution in [2.75, 3.05) is 20.2 Å². The molecule has 0 radical (unpaired) electrons. The minimum absolute atomic E-state index is 0.0129. The number of aromatic amines is 2. The van der Waals surface area contributed by atoms with Gasteiger partial charge in [-0.15, -0.1) is 0 Å². The molecule has 7 heteroatoms. The molecule has 1 saturated heterocycles. The average Bonchev–Trinajstić information content (AvgIpc) is 3.54. The summed E-state index contributed by atoms with van der Waals surface area (Å²) in [5, 5.41) is 2.27. The summed E-state index contributed by atoms with van der Waals surface area (Å²) < 4.78 is 5.37. The predicted molar refractivity (Wildman–Crippen MR) is 146 cm³/mol. The lowest BCUT2D eigenvalue weighted by atomic mass is 9.86. The van der Waals surface area contributed by atoms with Gasteiger partial charge in [-0.2, -0.15) is 0 Å². The van der Waals surface area contributed by atoms with Crippen LogP contribution in [-0.2, 0) is 22.4 Å². The van der Waals surface area contributed by atoms with E-state index in [4.69, 9.17) is 4.74 Å². The molecule has 2 N–H and O–H groups in total. The summed E-state index contributed by atoms with van der Waals surface area (Å²) in [6, 6.07) is 23.2. The van der Waals surface area contributed by atoms with E-state index >= 15 is 0 Å². The molecule has 7 nitrogen and oxygen atoms in total. The molecule has 38 heavy (non-hydrogen) atoms. The zero-order chi connectivity index (χ0) is 25.8. The van der Waals surface area contributed by atoms with Gasteiger partial charge in [-0.3, -0.25) is 9.59 Å². The Morgan fingerprint density at radius 2 is 1.66 bits per heavy atom. The monoisotopic (exact) mass is 504 g/mol. The first-order chi connectivity index (χ1) is 18.6. The second-order valence-electron chi connectivity index (χ2n) is 10.1. The van der Waals surface area contributed by atoms with Crippen LogP contribution in [0.25, 0.3) is 21.8 Å². The topological polar surface area (TPSA) is 81.4 Å². The first-order valence-electron chi connectivity index (χ1n) is 13.0. The van der Waals surface area contributed by atoms with Crippen molar-refractivity contribution in [1.82, 2.24) is 19.8 Å². The van der Waals surface area contributed by atoms with Gasteiger partial charge in [0.15, 0.2) is 0 Å². The van der Waals surface area contributed by atoms with Crippen molar-refractivity contribution in [2.45, 2.75) is 24.9 Å². The van der Waals surface area contributed by atoms with Crippen LogP contribution in [0.1, 0.15) is 28.4 Å². The molecule has 1 fully saturated rings. The summed E-state index contributed by atoms with van der Waals surface area (Å²) in [7, 11) is 1.64. The highest BCUT2D eigenvalue weighted by molar-refractivity contribution is 5.97. The zero-order valence-electron chi connectivity index (χ0n) is 21.1. The molecule has 7 rings (SSSR count). The van der Waals surface area contributed by atoms with Gasteiger partial charge >= 0.3 is 0 Å². The molecule has 2 aliphatic rings. The van der Waals surface area contributed by atoms with Crippen molar-refractivity contribution in [3.8, 4) is 5.75 Å². The predicted octanol–water partition coefficient (Wildman–Crippen LogP) is 4.59. The molecule has 0 saturated carbocycles. The average molecular weight is 505 g/mol. The van der Waals surface area contributed by atoms with Gasteiger partial charge in [-0.05, 0) is 47.4 Å². The first-order valence-corrected chi connectivity index (χ1v) is 13.0. The van der Waals surface area contributed by atoms with Crippen molar-refractivity contribution >= 4 is 33.6 Å². The number of fused-ring (bicyclic) bond motifs is 5. The number of nitrogens with one attached hydrogen (secondary N) is 2. The highest BCUT2D eigenvalue weighted by Crippen LogP contribution is 2.42. The fourth-order valence-corrected chi connectivity index (χ4v) is 6.24. The van der Waals surface area contributed by atoms with Crippen LogP contribution >= 0.6 is 0 Å². The third-order valence-corrected chi connectivity index (χ3v) is 8.10. The van der Waals surface area contributed by atoms with E-state index in [0.717, 1.165) is 49.9 Å². The van der Waals surface area contributed by atoms with Crippen LogP contribution in [0.15, 0.2) is 79.0 Å². The van der Waals surface area contributed by atoms with Crippen LogP contribution in [0.3, 0.4) is 0 Å². The molecule has 0 bridgehead atoms. The van der Waals surface area contributed by atoms with E-state index in [2.05, 4.69) is 28.2 Å². The molecule has 0 spiro atoms. The molecular weight excluding hydrogens is 476 g/mol. The van der Waals surface area contributed by atoms with E-state index in [1.165, 1.54) is 0 Å². The highest BCUT2D eigenvalue weighted by atomic mass is 16.5. The number of ether oxygens (including phenoxy) is 1. The van der Waals surface area contributed by atoms with E-state index in [-0.39, 0.29) is 24.4 Å². The van der Waals surface area contributed by atoms with Crippen LogP contribution in [-0.4, -0.2) is 57.8 Å². The third-order valence-electron chi connectivity index (χ3n) is 8.10. The number of carbonyl (C=O) groups excluding carboxylic acids is 2. The molecule has 5 aromatic rings. The van der Waals surface area contributed by atoms with Crippen molar-refractivity contribution in [2.24, 2.45) is 0 Å². The van der Waals surface area contributed by atoms with Crippen LogP contribution < -0.4 is 4.74 Å². The quantitative estimate of drug-likeness (QED) is 0.368. The molecule has 2 atom stereocenters. The lowest BCUT2D eigenvalue weighted by molar-refractivity contribution is -0.158. The van der Waals surface area contributed by atoms with E-state index < -0.39 is 6.04 Å².